The molecule has 4 rings (SSSR count). The van der Waals surface area contributed by atoms with Crippen LogP contribution in [-0.2, 0) is 32.6 Å². The topological polar surface area (TPSA) is 96.0 Å². The summed E-state index contributed by atoms with van der Waals surface area (Å²) in [6.07, 6.45) is 1.78. The fourth-order valence-electron chi connectivity index (χ4n) is 4.98. The van der Waals surface area contributed by atoms with E-state index in [9.17, 15) is 18.0 Å². The minimum Gasteiger partial charge on any atom is -0.495 e. The van der Waals surface area contributed by atoms with Crippen LogP contribution in [0.2, 0.25) is 15.1 Å². The Labute approximate surface area is 291 Å². The van der Waals surface area contributed by atoms with Gasteiger partial charge in [0, 0.05) is 34.6 Å². The van der Waals surface area contributed by atoms with Crippen molar-refractivity contribution >= 4 is 62.3 Å². The lowest BCUT2D eigenvalue weighted by Gasteiger charge is -2.34. The smallest absolute Gasteiger partial charge is 0.264 e. The Kier molecular flexibility index (Phi) is 13.0. The molecule has 0 bridgehead atoms. The van der Waals surface area contributed by atoms with Gasteiger partial charge in [-0.1, -0.05) is 103 Å². The highest BCUT2D eigenvalue weighted by Crippen LogP contribution is 2.35. The maximum absolute atomic E-state index is 14.6. The molecule has 0 aliphatic rings. The van der Waals surface area contributed by atoms with E-state index in [0.29, 0.717) is 22.2 Å². The summed E-state index contributed by atoms with van der Waals surface area (Å²) in [5.41, 5.74) is 1.41. The fourth-order valence-corrected chi connectivity index (χ4v) is 7.06. The number of methoxy groups -OCH3 is 1. The first-order valence-corrected chi connectivity index (χ1v) is 17.6. The number of hydrogen-bond acceptors (Lipinski definition) is 5. The Morgan fingerprint density at radius 3 is 2.15 bits per heavy atom. The van der Waals surface area contributed by atoms with E-state index in [1.807, 2.05) is 37.3 Å². The van der Waals surface area contributed by atoms with Crippen LogP contribution in [0, 0.1) is 0 Å². The quantitative estimate of drug-likeness (QED) is 0.129. The summed E-state index contributed by atoms with van der Waals surface area (Å²) < 4.78 is 34.9. The van der Waals surface area contributed by atoms with E-state index >= 15 is 0 Å². The van der Waals surface area contributed by atoms with Gasteiger partial charge in [-0.15, -0.1) is 0 Å². The van der Waals surface area contributed by atoms with Crippen LogP contribution < -0.4 is 14.4 Å². The average molecular weight is 717 g/mol. The van der Waals surface area contributed by atoms with Crippen molar-refractivity contribution in [1.82, 2.24) is 10.2 Å². The van der Waals surface area contributed by atoms with E-state index in [-0.39, 0.29) is 40.2 Å². The number of unbranched alkanes of at least 4 members (excludes halogenated alkanes) is 1. The first-order valence-electron chi connectivity index (χ1n) is 15.0. The van der Waals surface area contributed by atoms with Crippen LogP contribution in [0.15, 0.2) is 102 Å². The molecule has 47 heavy (non-hydrogen) atoms. The highest BCUT2D eigenvalue weighted by Gasteiger charge is 2.36. The van der Waals surface area contributed by atoms with Crippen molar-refractivity contribution in [2.45, 2.75) is 43.7 Å². The van der Waals surface area contributed by atoms with Gasteiger partial charge in [-0.25, -0.2) is 8.42 Å². The third kappa shape index (κ3) is 9.41. The van der Waals surface area contributed by atoms with E-state index < -0.39 is 28.5 Å². The predicted molar refractivity (Wildman–Crippen MR) is 188 cm³/mol. The number of nitrogens with one attached hydrogen (secondary N) is 1. The number of carbonyl (C=O) groups is 2. The molecular weight excluding hydrogens is 681 g/mol. The van der Waals surface area contributed by atoms with Crippen molar-refractivity contribution in [3.8, 4) is 5.75 Å². The highest BCUT2D eigenvalue weighted by atomic mass is 35.5. The number of anilines is 1. The third-order valence-corrected chi connectivity index (χ3v) is 10.1. The molecule has 4 aromatic rings. The van der Waals surface area contributed by atoms with Gasteiger partial charge in [-0.05, 0) is 60.0 Å². The van der Waals surface area contributed by atoms with Crippen molar-refractivity contribution in [3.63, 3.8) is 0 Å². The Morgan fingerprint density at radius 2 is 1.51 bits per heavy atom. The lowest BCUT2D eigenvalue weighted by molar-refractivity contribution is -0.140. The molecule has 2 amide bonds. The second-order valence-electron chi connectivity index (χ2n) is 10.7. The Balaban J connectivity index is 1.85. The molecule has 248 valence electrons. The summed E-state index contributed by atoms with van der Waals surface area (Å²) >= 11 is 19.1. The molecule has 0 fully saturated rings. The van der Waals surface area contributed by atoms with Crippen LogP contribution in [0.4, 0.5) is 5.69 Å². The second kappa shape index (κ2) is 16.9. The molecule has 0 aromatic heterocycles. The van der Waals surface area contributed by atoms with Gasteiger partial charge >= 0.3 is 0 Å². The lowest BCUT2D eigenvalue weighted by Crippen LogP contribution is -2.53. The fraction of sp³-hybridized carbons (Fsp3) is 0.257. The van der Waals surface area contributed by atoms with Gasteiger partial charge in [0.2, 0.25) is 11.8 Å². The number of carbonyl (C=O) groups excluding carboxylic acids is 2. The second-order valence-corrected chi connectivity index (χ2v) is 13.9. The summed E-state index contributed by atoms with van der Waals surface area (Å²) in [7, 11) is -2.94. The van der Waals surface area contributed by atoms with E-state index in [2.05, 4.69) is 5.32 Å². The number of amides is 2. The molecule has 0 aliphatic heterocycles. The Bertz CT molecular complexity index is 1780. The molecule has 4 aromatic carbocycles. The summed E-state index contributed by atoms with van der Waals surface area (Å²) in [6, 6.07) is 25.4. The Hall–Kier alpha value is -3.76. The van der Waals surface area contributed by atoms with Gasteiger partial charge < -0.3 is 15.0 Å². The number of nitrogens with zero attached hydrogens (tertiary/aromatic N) is 2. The molecular formula is C35H36Cl3N3O5S. The highest BCUT2D eigenvalue weighted by molar-refractivity contribution is 7.92. The number of rotatable bonds is 15. The molecule has 0 saturated heterocycles. The number of sulfonamides is 1. The van der Waals surface area contributed by atoms with Crippen LogP contribution >= 0.6 is 34.8 Å². The van der Waals surface area contributed by atoms with Gasteiger partial charge in [-0.2, -0.15) is 0 Å². The summed E-state index contributed by atoms with van der Waals surface area (Å²) in [6.45, 7) is 1.66. The van der Waals surface area contributed by atoms with Crippen molar-refractivity contribution in [1.29, 1.82) is 0 Å². The van der Waals surface area contributed by atoms with Crippen LogP contribution in [-0.4, -0.2) is 51.4 Å². The number of hydrogen-bond donors (Lipinski definition) is 1. The Morgan fingerprint density at radius 1 is 0.872 bits per heavy atom. The minimum absolute atomic E-state index is 0.0414. The third-order valence-electron chi connectivity index (χ3n) is 7.48. The van der Waals surface area contributed by atoms with Crippen molar-refractivity contribution in [2.75, 3.05) is 24.5 Å². The first kappa shape index (κ1) is 36.1. The first-order chi connectivity index (χ1) is 22.5. The van der Waals surface area contributed by atoms with E-state index in [0.717, 1.165) is 22.7 Å². The molecule has 12 heteroatoms. The predicted octanol–water partition coefficient (Wildman–Crippen LogP) is 7.41. The summed E-state index contributed by atoms with van der Waals surface area (Å²) in [5.74, 6) is -0.838. The average Bonchev–Trinajstić information content (AvgIpc) is 3.06. The SMILES string of the molecule is CCCCNC(=O)[C@H](Cc1ccccc1)N(Cc1ccc(Cl)cc1Cl)C(=O)CN(c1cc(Cl)ccc1OC)S(=O)(=O)c1ccccc1. The van der Waals surface area contributed by atoms with Gasteiger partial charge in [0.25, 0.3) is 10.0 Å². The van der Waals surface area contributed by atoms with Crippen molar-refractivity contribution < 1.29 is 22.7 Å². The maximum Gasteiger partial charge on any atom is 0.264 e. The van der Waals surface area contributed by atoms with E-state index in [4.69, 9.17) is 39.5 Å². The molecule has 8 nitrogen and oxygen atoms in total. The van der Waals surface area contributed by atoms with Crippen LogP contribution in [0.3, 0.4) is 0 Å². The number of halogens is 3. The van der Waals surface area contributed by atoms with Gasteiger partial charge in [0.1, 0.15) is 18.3 Å². The maximum atomic E-state index is 14.6. The minimum atomic E-state index is -4.34. The zero-order valence-corrected chi connectivity index (χ0v) is 29.1. The summed E-state index contributed by atoms with van der Waals surface area (Å²) in [4.78, 5) is 29.9. The number of benzene rings is 4. The molecule has 0 spiro atoms. The van der Waals surface area contributed by atoms with Crippen molar-refractivity contribution in [2.24, 2.45) is 0 Å². The zero-order valence-electron chi connectivity index (χ0n) is 26.0. The molecule has 1 atom stereocenters. The molecule has 0 saturated carbocycles. The van der Waals surface area contributed by atoms with Crippen LogP contribution in [0.25, 0.3) is 0 Å². The van der Waals surface area contributed by atoms with Gasteiger partial charge in [-0.3, -0.25) is 13.9 Å². The molecule has 0 heterocycles. The van der Waals surface area contributed by atoms with Gasteiger partial charge in [0.05, 0.1) is 17.7 Å². The lowest BCUT2D eigenvalue weighted by atomic mass is 10.0. The normalized spacial score (nSPS) is 11.9. The molecule has 1 N–H and O–H groups in total. The molecule has 0 unspecified atom stereocenters. The van der Waals surface area contributed by atoms with E-state index in [1.54, 1.807) is 42.5 Å². The van der Waals surface area contributed by atoms with Crippen LogP contribution in [0.5, 0.6) is 5.75 Å². The van der Waals surface area contributed by atoms with Gasteiger partial charge in [0.15, 0.2) is 0 Å². The monoisotopic (exact) mass is 715 g/mol. The largest absolute Gasteiger partial charge is 0.495 e. The van der Waals surface area contributed by atoms with E-state index in [1.165, 1.54) is 36.3 Å². The van der Waals surface area contributed by atoms with Crippen molar-refractivity contribution in [3.05, 3.63) is 123 Å². The van der Waals surface area contributed by atoms with Crippen LogP contribution in [0.1, 0.15) is 30.9 Å². The standard InChI is InChI=1S/C35H36Cl3N3O5S/c1-3-4-19-39-35(43)32(20-25-11-7-5-8-12-25)40(23-26-15-16-27(36)21-30(26)38)34(42)24-41(31-22-28(37)17-18-33(31)46-2)47(44,45)29-13-9-6-10-14-29/h5-18,21-22,32H,3-4,19-20,23-24H2,1-2H3,(H,39,43)/t32-/m0/s1. The summed E-state index contributed by atoms with van der Waals surface area (Å²) in [5, 5.41) is 3.90. The molecule has 0 radical (unpaired) electrons. The molecule has 0 aliphatic carbocycles. The zero-order chi connectivity index (χ0) is 34.0. The number of ether oxygens (including phenoxy) is 1.